The Morgan fingerprint density at radius 2 is 2.06 bits per heavy atom. The van der Waals surface area contributed by atoms with Crippen LogP contribution in [0.2, 0.25) is 5.02 Å². The van der Waals surface area contributed by atoms with Crippen LogP contribution in [-0.4, -0.2) is 9.97 Å². The molecule has 0 N–H and O–H groups in total. The number of hydrogen-bond acceptors (Lipinski definition) is 2. The SMILES string of the molecule is ClCc1ccnc(Cc2cccc(Cl)c2)n1. The van der Waals surface area contributed by atoms with Gasteiger partial charge < -0.3 is 0 Å². The number of aromatic nitrogens is 2. The Balaban J connectivity index is 2.20. The number of nitrogens with zero attached hydrogens (tertiary/aromatic N) is 2. The first kappa shape index (κ1) is 11.4. The van der Waals surface area contributed by atoms with Crippen LogP contribution in [-0.2, 0) is 12.3 Å². The smallest absolute Gasteiger partial charge is 0.132 e. The molecular weight excluding hydrogens is 243 g/mol. The van der Waals surface area contributed by atoms with Crippen molar-refractivity contribution < 1.29 is 0 Å². The molecule has 2 rings (SSSR count). The molecule has 0 unspecified atom stereocenters. The predicted octanol–water partition coefficient (Wildman–Crippen LogP) is 3.46. The molecule has 16 heavy (non-hydrogen) atoms. The van der Waals surface area contributed by atoms with E-state index in [1.165, 1.54) is 0 Å². The molecular formula is C12H10Cl2N2. The van der Waals surface area contributed by atoms with Crippen LogP contribution in [0.3, 0.4) is 0 Å². The number of benzene rings is 1. The lowest BCUT2D eigenvalue weighted by Gasteiger charge is -2.02. The van der Waals surface area contributed by atoms with Gasteiger partial charge in [0.25, 0.3) is 0 Å². The van der Waals surface area contributed by atoms with Gasteiger partial charge in [0.1, 0.15) is 5.82 Å². The van der Waals surface area contributed by atoms with E-state index in [2.05, 4.69) is 9.97 Å². The molecule has 0 saturated heterocycles. The molecule has 0 aliphatic heterocycles. The Labute approximate surface area is 104 Å². The van der Waals surface area contributed by atoms with E-state index >= 15 is 0 Å². The van der Waals surface area contributed by atoms with E-state index in [4.69, 9.17) is 23.2 Å². The highest BCUT2D eigenvalue weighted by molar-refractivity contribution is 6.30. The summed E-state index contributed by atoms with van der Waals surface area (Å²) in [5, 5.41) is 0.728. The zero-order valence-corrected chi connectivity index (χ0v) is 10.0. The fourth-order valence-corrected chi connectivity index (χ4v) is 1.79. The van der Waals surface area contributed by atoms with Crippen molar-refractivity contribution in [2.24, 2.45) is 0 Å². The largest absolute Gasteiger partial charge is 0.241 e. The van der Waals surface area contributed by atoms with Gasteiger partial charge in [-0.3, -0.25) is 0 Å². The fraction of sp³-hybridized carbons (Fsp3) is 0.167. The Bertz CT molecular complexity index is 486. The van der Waals surface area contributed by atoms with Crippen molar-refractivity contribution in [3.8, 4) is 0 Å². The van der Waals surface area contributed by atoms with Crippen LogP contribution >= 0.6 is 23.2 Å². The third kappa shape index (κ3) is 2.94. The number of rotatable bonds is 3. The standard InChI is InChI=1S/C12H10Cl2N2/c13-8-11-4-5-15-12(16-11)7-9-2-1-3-10(14)6-9/h1-6H,7-8H2. The summed E-state index contributed by atoms with van der Waals surface area (Å²) < 4.78 is 0. The highest BCUT2D eigenvalue weighted by Gasteiger charge is 2.01. The van der Waals surface area contributed by atoms with Crippen molar-refractivity contribution in [1.82, 2.24) is 9.97 Å². The molecule has 0 spiro atoms. The molecule has 0 saturated carbocycles. The van der Waals surface area contributed by atoms with Crippen molar-refractivity contribution in [1.29, 1.82) is 0 Å². The second-order valence-corrected chi connectivity index (χ2v) is 4.11. The van der Waals surface area contributed by atoms with E-state index < -0.39 is 0 Å². The fourth-order valence-electron chi connectivity index (χ4n) is 1.43. The van der Waals surface area contributed by atoms with Crippen molar-refractivity contribution >= 4 is 23.2 Å². The second kappa shape index (κ2) is 5.28. The molecule has 0 aliphatic carbocycles. The van der Waals surface area contributed by atoms with Gasteiger partial charge in [0.2, 0.25) is 0 Å². The zero-order chi connectivity index (χ0) is 11.4. The van der Waals surface area contributed by atoms with Crippen LogP contribution < -0.4 is 0 Å². The third-order valence-corrected chi connectivity index (χ3v) is 2.66. The van der Waals surface area contributed by atoms with Crippen molar-refractivity contribution in [3.63, 3.8) is 0 Å². The third-order valence-electron chi connectivity index (χ3n) is 2.15. The molecule has 0 radical (unpaired) electrons. The summed E-state index contributed by atoms with van der Waals surface area (Å²) in [5.41, 5.74) is 1.94. The lowest BCUT2D eigenvalue weighted by Crippen LogP contribution is -1.98. The van der Waals surface area contributed by atoms with Gasteiger partial charge in [-0.1, -0.05) is 23.7 Å². The maximum absolute atomic E-state index is 5.91. The molecule has 4 heteroatoms. The molecule has 1 aromatic heterocycles. The lowest BCUT2D eigenvalue weighted by molar-refractivity contribution is 0.936. The van der Waals surface area contributed by atoms with E-state index in [-0.39, 0.29) is 0 Å². The maximum Gasteiger partial charge on any atom is 0.132 e. The molecule has 0 fully saturated rings. The minimum atomic E-state index is 0.408. The molecule has 82 valence electrons. The summed E-state index contributed by atoms with van der Waals surface area (Å²) in [6.45, 7) is 0. The molecule has 0 bridgehead atoms. The highest BCUT2D eigenvalue weighted by Crippen LogP contribution is 2.13. The minimum absolute atomic E-state index is 0.408. The van der Waals surface area contributed by atoms with E-state index in [1.807, 2.05) is 30.3 Å². The maximum atomic E-state index is 5.91. The molecule has 1 aromatic carbocycles. The Morgan fingerprint density at radius 1 is 1.19 bits per heavy atom. The van der Waals surface area contributed by atoms with Gasteiger partial charge in [-0.05, 0) is 23.8 Å². The van der Waals surface area contributed by atoms with Crippen molar-refractivity contribution in [2.75, 3.05) is 0 Å². The summed E-state index contributed by atoms with van der Waals surface area (Å²) in [4.78, 5) is 8.53. The first-order valence-corrected chi connectivity index (χ1v) is 5.80. The Hall–Kier alpha value is -1.12. The van der Waals surface area contributed by atoms with Gasteiger partial charge in [0.15, 0.2) is 0 Å². The van der Waals surface area contributed by atoms with Crippen molar-refractivity contribution in [3.05, 3.63) is 58.6 Å². The van der Waals surface area contributed by atoms with Crippen LogP contribution in [0.5, 0.6) is 0 Å². The first-order valence-electron chi connectivity index (χ1n) is 4.89. The lowest BCUT2D eigenvalue weighted by atomic mass is 10.1. The van der Waals surface area contributed by atoms with Crippen LogP contribution in [0.1, 0.15) is 17.1 Å². The molecule has 0 amide bonds. The summed E-state index contributed by atoms with van der Waals surface area (Å²) >= 11 is 11.6. The van der Waals surface area contributed by atoms with Gasteiger partial charge in [-0.25, -0.2) is 9.97 Å². The second-order valence-electron chi connectivity index (χ2n) is 3.40. The summed E-state index contributed by atoms with van der Waals surface area (Å²) in [7, 11) is 0. The molecule has 0 aliphatic rings. The van der Waals surface area contributed by atoms with Crippen LogP contribution in [0.25, 0.3) is 0 Å². The number of hydrogen-bond donors (Lipinski definition) is 0. The highest BCUT2D eigenvalue weighted by atomic mass is 35.5. The normalized spacial score (nSPS) is 10.4. The monoisotopic (exact) mass is 252 g/mol. The van der Waals surface area contributed by atoms with Gasteiger partial charge in [0, 0.05) is 17.6 Å². The van der Waals surface area contributed by atoms with Gasteiger partial charge in [-0.15, -0.1) is 11.6 Å². The summed E-state index contributed by atoms with van der Waals surface area (Å²) in [6.07, 6.45) is 2.40. The van der Waals surface area contributed by atoms with E-state index in [0.29, 0.717) is 12.3 Å². The van der Waals surface area contributed by atoms with Crippen molar-refractivity contribution in [2.45, 2.75) is 12.3 Å². The molecule has 0 atom stereocenters. The molecule has 1 heterocycles. The number of halogens is 2. The van der Waals surface area contributed by atoms with E-state index in [0.717, 1.165) is 22.1 Å². The quantitative estimate of drug-likeness (QED) is 0.783. The average Bonchev–Trinajstić information content (AvgIpc) is 2.29. The average molecular weight is 253 g/mol. The Morgan fingerprint density at radius 3 is 2.81 bits per heavy atom. The van der Waals surface area contributed by atoms with E-state index in [9.17, 15) is 0 Å². The van der Waals surface area contributed by atoms with Crippen LogP contribution in [0.4, 0.5) is 0 Å². The molecule has 2 nitrogen and oxygen atoms in total. The van der Waals surface area contributed by atoms with Gasteiger partial charge in [-0.2, -0.15) is 0 Å². The predicted molar refractivity (Wildman–Crippen MR) is 65.8 cm³/mol. The van der Waals surface area contributed by atoms with Gasteiger partial charge in [0.05, 0.1) is 11.6 Å². The summed E-state index contributed by atoms with van der Waals surface area (Å²) in [6, 6.07) is 9.50. The van der Waals surface area contributed by atoms with E-state index in [1.54, 1.807) is 6.20 Å². The number of alkyl halides is 1. The first-order chi connectivity index (χ1) is 7.78. The zero-order valence-electron chi connectivity index (χ0n) is 8.53. The molecule has 2 aromatic rings. The topological polar surface area (TPSA) is 25.8 Å². The minimum Gasteiger partial charge on any atom is -0.241 e. The summed E-state index contributed by atoms with van der Waals surface area (Å²) in [5.74, 6) is 1.17. The van der Waals surface area contributed by atoms with Crippen LogP contribution in [0, 0.1) is 0 Å². The Kier molecular flexibility index (Phi) is 3.75. The van der Waals surface area contributed by atoms with Gasteiger partial charge >= 0.3 is 0 Å². The van der Waals surface area contributed by atoms with Crippen LogP contribution in [0.15, 0.2) is 36.5 Å².